The van der Waals surface area contributed by atoms with Crippen molar-refractivity contribution in [1.82, 2.24) is 14.5 Å². The molecule has 1 saturated heterocycles. The van der Waals surface area contributed by atoms with Crippen LogP contribution in [0, 0.1) is 10.1 Å². The summed E-state index contributed by atoms with van der Waals surface area (Å²) in [7, 11) is -16.7. The van der Waals surface area contributed by atoms with Gasteiger partial charge in [0.05, 0.1) is 24.0 Å². The molecule has 0 radical (unpaired) electrons. The molecule has 5 unspecified atom stereocenters. The number of aliphatic hydroxyl groups is 1. The third-order valence-electron chi connectivity index (χ3n) is 4.13. The van der Waals surface area contributed by atoms with E-state index in [1.807, 2.05) is 0 Å². The Kier molecular flexibility index (Phi) is 7.08. The number of nitrogens with zero attached hydrogens (tertiary/aromatic N) is 4. The average molecular weight is 535 g/mol. The molecule has 2 aromatic rings. The van der Waals surface area contributed by atoms with Gasteiger partial charge in [0, 0.05) is 6.42 Å². The summed E-state index contributed by atoms with van der Waals surface area (Å²) in [5.41, 5.74) is 5.17. The van der Waals surface area contributed by atoms with Gasteiger partial charge in [0.15, 0.2) is 11.3 Å². The van der Waals surface area contributed by atoms with E-state index >= 15 is 0 Å². The number of hydrogen-bond acceptors (Lipinski definition) is 13. The fourth-order valence-corrected chi connectivity index (χ4v) is 5.94. The molecular formula is C11H16N5O14P3. The lowest BCUT2D eigenvalue weighted by molar-refractivity contribution is -0.383. The van der Waals surface area contributed by atoms with Gasteiger partial charge in [-0.1, -0.05) is 0 Å². The summed E-state index contributed by atoms with van der Waals surface area (Å²) in [6, 6.07) is 0. The van der Waals surface area contributed by atoms with Crippen LogP contribution in [-0.4, -0.2) is 63.0 Å². The smallest absolute Gasteiger partial charge is 0.390 e. The van der Waals surface area contributed by atoms with Crippen LogP contribution in [0.5, 0.6) is 0 Å². The van der Waals surface area contributed by atoms with E-state index in [1.165, 1.54) is 4.57 Å². The van der Waals surface area contributed by atoms with Gasteiger partial charge in [0.2, 0.25) is 0 Å². The Hall–Kier alpha value is -1.85. The first-order valence-electron chi connectivity index (χ1n) is 8.46. The number of nitro groups is 1. The van der Waals surface area contributed by atoms with Gasteiger partial charge >= 0.3 is 29.2 Å². The molecule has 0 spiro atoms. The van der Waals surface area contributed by atoms with Crippen molar-refractivity contribution in [3.8, 4) is 0 Å². The van der Waals surface area contributed by atoms with Crippen LogP contribution in [0.4, 0.5) is 11.5 Å². The molecule has 0 saturated carbocycles. The van der Waals surface area contributed by atoms with Gasteiger partial charge in [-0.3, -0.25) is 19.2 Å². The van der Waals surface area contributed by atoms with Crippen LogP contribution in [0.2, 0.25) is 0 Å². The first-order valence-corrected chi connectivity index (χ1v) is 13.0. The van der Waals surface area contributed by atoms with E-state index in [2.05, 4.69) is 23.1 Å². The number of rotatable bonds is 9. The molecule has 1 aliphatic heterocycles. The molecule has 184 valence electrons. The summed E-state index contributed by atoms with van der Waals surface area (Å²) in [5, 5.41) is 21.5. The molecule has 0 aliphatic carbocycles. The maximum Gasteiger partial charge on any atom is 0.490 e. The predicted molar refractivity (Wildman–Crippen MR) is 103 cm³/mol. The van der Waals surface area contributed by atoms with Crippen molar-refractivity contribution in [1.29, 1.82) is 0 Å². The van der Waals surface area contributed by atoms with Crippen molar-refractivity contribution >= 4 is 46.0 Å². The molecule has 33 heavy (non-hydrogen) atoms. The number of fused-ring (bicyclic) bond motifs is 1. The topological polar surface area (TPSA) is 289 Å². The normalized spacial score (nSPS) is 25.1. The highest BCUT2D eigenvalue weighted by atomic mass is 31.3. The highest BCUT2D eigenvalue weighted by Crippen LogP contribution is 2.66. The lowest BCUT2D eigenvalue weighted by Gasteiger charge is -2.19. The monoisotopic (exact) mass is 535 g/mol. The Morgan fingerprint density at radius 1 is 1.21 bits per heavy atom. The van der Waals surface area contributed by atoms with Gasteiger partial charge in [0.1, 0.15) is 24.0 Å². The van der Waals surface area contributed by atoms with Crippen molar-refractivity contribution in [3.63, 3.8) is 0 Å². The number of phosphoric ester groups is 1. The Labute approximate surface area is 182 Å². The molecule has 0 amide bonds. The molecule has 2 aromatic heterocycles. The highest BCUT2D eigenvalue weighted by Gasteiger charge is 2.43. The first-order chi connectivity index (χ1) is 15.1. The molecule has 3 rings (SSSR count). The number of anilines is 1. The number of phosphoric acid groups is 3. The van der Waals surface area contributed by atoms with Gasteiger partial charge < -0.3 is 35.2 Å². The molecule has 1 aliphatic rings. The molecule has 19 nitrogen and oxygen atoms in total. The number of nitrogen functional groups attached to an aromatic ring is 1. The quantitative estimate of drug-likeness (QED) is 0.139. The van der Waals surface area contributed by atoms with Crippen LogP contribution >= 0.6 is 23.5 Å². The standard InChI is InChI=1S/C11H16N5O14P3/c12-11-9-10(5(2-13-11)16(18)19)15(4-14-9)8-1-6(17)7(28-8)3-27-32(23,24)30-33(25,26)29-31(20,21)22/h2,4,6-8,17H,1,3H2,(H2,12,13)(H,23,24)(H,25,26)(H2,20,21,22). The second kappa shape index (κ2) is 9.07. The molecule has 0 bridgehead atoms. The van der Waals surface area contributed by atoms with Gasteiger partial charge in [-0.15, -0.1) is 0 Å². The van der Waals surface area contributed by atoms with E-state index in [4.69, 9.17) is 25.2 Å². The molecule has 22 heteroatoms. The summed E-state index contributed by atoms with van der Waals surface area (Å²) in [6.45, 7) is -0.903. The molecular weight excluding hydrogens is 519 g/mol. The lowest BCUT2D eigenvalue weighted by Crippen LogP contribution is -2.26. The van der Waals surface area contributed by atoms with Crippen LogP contribution in [0.25, 0.3) is 11.0 Å². The van der Waals surface area contributed by atoms with Gasteiger partial charge in [-0.25, -0.2) is 23.7 Å². The molecule has 3 heterocycles. The van der Waals surface area contributed by atoms with Crippen LogP contribution in [0.3, 0.4) is 0 Å². The molecule has 5 atom stereocenters. The molecule has 0 aromatic carbocycles. The van der Waals surface area contributed by atoms with E-state index < -0.39 is 59.1 Å². The van der Waals surface area contributed by atoms with Gasteiger partial charge in [-0.2, -0.15) is 8.62 Å². The fraction of sp³-hybridized carbons (Fsp3) is 0.455. The maximum atomic E-state index is 11.8. The summed E-state index contributed by atoms with van der Waals surface area (Å²) < 4.78 is 52.1. The number of nitrogens with two attached hydrogens (primary N) is 1. The van der Waals surface area contributed by atoms with E-state index in [0.717, 1.165) is 12.5 Å². The van der Waals surface area contributed by atoms with Crippen LogP contribution in [0.15, 0.2) is 12.5 Å². The largest absolute Gasteiger partial charge is 0.490 e. The third-order valence-corrected chi connectivity index (χ3v) is 7.94. The summed E-state index contributed by atoms with van der Waals surface area (Å²) in [5.74, 6) is -0.0999. The number of aromatic nitrogens is 3. The van der Waals surface area contributed by atoms with Gasteiger partial charge in [0.25, 0.3) is 0 Å². The number of imidazole rings is 1. The minimum Gasteiger partial charge on any atom is -0.390 e. The minimum atomic E-state index is -5.71. The molecule has 7 N–H and O–H groups in total. The van der Waals surface area contributed by atoms with Crippen molar-refractivity contribution in [2.45, 2.75) is 24.9 Å². The number of hydrogen-bond donors (Lipinski definition) is 6. The second-order valence-corrected chi connectivity index (χ2v) is 10.9. The zero-order valence-corrected chi connectivity index (χ0v) is 18.6. The van der Waals surface area contributed by atoms with E-state index in [9.17, 15) is 33.8 Å². The van der Waals surface area contributed by atoms with E-state index in [-0.39, 0.29) is 23.3 Å². The Morgan fingerprint density at radius 3 is 2.48 bits per heavy atom. The average Bonchev–Trinajstić information content (AvgIpc) is 3.21. The number of pyridine rings is 1. The van der Waals surface area contributed by atoms with E-state index in [1.54, 1.807) is 0 Å². The number of aliphatic hydroxyl groups excluding tert-OH is 1. The first kappa shape index (κ1) is 25.8. The third kappa shape index (κ3) is 6.19. The SMILES string of the molecule is Nc1ncc([N+](=O)[O-])c2c1ncn2C1CC(O)C(COP(=O)(O)OP(=O)(O)OP(=O)(O)O)O1. The summed E-state index contributed by atoms with van der Waals surface area (Å²) >= 11 is 0. The predicted octanol–water partition coefficient (Wildman–Crippen LogP) is -0.0866. The summed E-state index contributed by atoms with van der Waals surface area (Å²) in [6.07, 6.45) is -1.88. The van der Waals surface area contributed by atoms with Crippen molar-refractivity contribution < 1.29 is 61.2 Å². The van der Waals surface area contributed by atoms with Crippen LogP contribution in [-0.2, 0) is 31.6 Å². The van der Waals surface area contributed by atoms with Crippen LogP contribution in [0.1, 0.15) is 12.6 Å². The highest BCUT2D eigenvalue weighted by molar-refractivity contribution is 7.66. The van der Waals surface area contributed by atoms with Crippen LogP contribution < -0.4 is 5.73 Å². The molecule has 1 fully saturated rings. The fourth-order valence-electron chi connectivity index (χ4n) is 2.91. The zero-order chi connectivity index (χ0) is 24.8. The van der Waals surface area contributed by atoms with Gasteiger partial charge in [-0.05, 0) is 0 Å². The van der Waals surface area contributed by atoms with Crippen molar-refractivity contribution in [2.75, 3.05) is 12.3 Å². The maximum absolute atomic E-state index is 11.8. The Balaban J connectivity index is 1.73. The Morgan fingerprint density at radius 2 is 1.88 bits per heavy atom. The zero-order valence-electron chi connectivity index (χ0n) is 15.9. The van der Waals surface area contributed by atoms with E-state index in [0.29, 0.717) is 0 Å². The minimum absolute atomic E-state index is 0.000923. The van der Waals surface area contributed by atoms with Crippen molar-refractivity contribution in [2.24, 2.45) is 0 Å². The van der Waals surface area contributed by atoms with Crippen molar-refractivity contribution in [3.05, 3.63) is 22.6 Å². The number of ether oxygens (including phenoxy) is 1. The lowest BCUT2D eigenvalue weighted by atomic mass is 10.2. The Bertz CT molecular complexity index is 1210. The summed E-state index contributed by atoms with van der Waals surface area (Å²) in [4.78, 5) is 53.9. The second-order valence-electron chi connectivity index (χ2n) is 6.45.